The fraction of sp³-hybridized carbons (Fsp3) is 0.300. The number of hydrogen-bond acceptors (Lipinski definition) is 2. The molecule has 0 unspecified atom stereocenters. The molecule has 1 aromatic rings. The van der Waals surface area contributed by atoms with E-state index in [1.165, 1.54) is 11.1 Å². The van der Waals surface area contributed by atoms with Crippen LogP contribution in [-0.2, 0) is 6.42 Å². The van der Waals surface area contributed by atoms with Gasteiger partial charge in [-0.25, -0.2) is 4.98 Å². The molecule has 12 heavy (non-hydrogen) atoms. The predicted molar refractivity (Wildman–Crippen MR) is 50.2 cm³/mol. The van der Waals surface area contributed by atoms with Crippen LogP contribution in [0, 0.1) is 6.92 Å². The highest BCUT2D eigenvalue weighted by molar-refractivity contribution is 5.53. The lowest BCUT2D eigenvalue weighted by molar-refractivity contribution is 1.02. The van der Waals surface area contributed by atoms with E-state index in [0.29, 0.717) is 0 Å². The van der Waals surface area contributed by atoms with E-state index in [1.54, 1.807) is 0 Å². The van der Waals surface area contributed by atoms with Gasteiger partial charge in [0.2, 0.25) is 0 Å². The van der Waals surface area contributed by atoms with E-state index < -0.39 is 0 Å². The lowest BCUT2D eigenvalue weighted by Gasteiger charge is -2.20. The molecule has 0 aliphatic carbocycles. The molecule has 2 rings (SSSR count). The van der Waals surface area contributed by atoms with Gasteiger partial charge >= 0.3 is 0 Å². The predicted octanol–water partition coefficient (Wildman–Crippen LogP) is 1.90. The van der Waals surface area contributed by atoms with Crippen LogP contribution < -0.4 is 4.90 Å². The molecule has 2 nitrogen and oxygen atoms in total. The van der Waals surface area contributed by atoms with Gasteiger partial charge in [-0.2, -0.15) is 0 Å². The van der Waals surface area contributed by atoms with E-state index in [2.05, 4.69) is 35.1 Å². The van der Waals surface area contributed by atoms with E-state index in [-0.39, 0.29) is 0 Å². The molecule has 1 aliphatic rings. The average molecular weight is 160 g/mol. The average Bonchev–Trinajstić information content (AvgIpc) is 2.04. The van der Waals surface area contributed by atoms with Crippen molar-refractivity contribution in [3.63, 3.8) is 0 Å². The molecule has 0 amide bonds. The van der Waals surface area contributed by atoms with Gasteiger partial charge in [0.05, 0.1) is 0 Å². The summed E-state index contributed by atoms with van der Waals surface area (Å²) in [5.41, 5.74) is 2.55. The highest BCUT2D eigenvalue weighted by Gasteiger charge is 2.09. The zero-order valence-corrected chi connectivity index (χ0v) is 7.41. The zero-order chi connectivity index (χ0) is 8.55. The molecule has 2 heteroatoms. The van der Waals surface area contributed by atoms with Crippen LogP contribution in [0.5, 0.6) is 0 Å². The molecule has 0 bridgehead atoms. The molecule has 2 heterocycles. The third-order valence-corrected chi connectivity index (χ3v) is 2.08. The highest BCUT2D eigenvalue weighted by atomic mass is 15.1. The Hall–Kier alpha value is -1.31. The van der Waals surface area contributed by atoms with Crippen molar-refractivity contribution in [1.29, 1.82) is 0 Å². The molecule has 0 N–H and O–H groups in total. The Morgan fingerprint density at radius 3 is 3.17 bits per heavy atom. The van der Waals surface area contributed by atoms with Gasteiger partial charge in [0.25, 0.3) is 0 Å². The number of nitrogens with zero attached hydrogens (tertiary/aromatic N) is 2. The normalized spacial score (nSPS) is 14.7. The SMILES string of the molecule is Cc1cnc2c(c1)CC=CN2C. The molecular weight excluding hydrogens is 148 g/mol. The summed E-state index contributed by atoms with van der Waals surface area (Å²) in [5, 5.41) is 0. The molecule has 0 spiro atoms. The largest absolute Gasteiger partial charge is 0.336 e. The van der Waals surface area contributed by atoms with E-state index in [0.717, 1.165) is 12.2 Å². The van der Waals surface area contributed by atoms with Crippen LogP contribution >= 0.6 is 0 Å². The molecular formula is C10H12N2. The second kappa shape index (κ2) is 2.63. The summed E-state index contributed by atoms with van der Waals surface area (Å²) in [6.07, 6.45) is 7.14. The second-order valence-electron chi connectivity index (χ2n) is 3.20. The van der Waals surface area contributed by atoms with Crippen molar-refractivity contribution in [2.24, 2.45) is 0 Å². The third-order valence-electron chi connectivity index (χ3n) is 2.08. The first-order valence-corrected chi connectivity index (χ1v) is 4.12. The molecule has 0 atom stereocenters. The van der Waals surface area contributed by atoms with Crippen molar-refractivity contribution in [3.05, 3.63) is 35.7 Å². The highest BCUT2D eigenvalue weighted by Crippen LogP contribution is 2.22. The van der Waals surface area contributed by atoms with Gasteiger partial charge < -0.3 is 4.90 Å². The number of aromatic nitrogens is 1. The van der Waals surface area contributed by atoms with Crippen molar-refractivity contribution in [1.82, 2.24) is 4.98 Å². The Morgan fingerprint density at radius 2 is 2.33 bits per heavy atom. The molecule has 1 aliphatic heterocycles. The van der Waals surface area contributed by atoms with Crippen LogP contribution in [0.4, 0.5) is 5.82 Å². The first-order valence-electron chi connectivity index (χ1n) is 4.12. The summed E-state index contributed by atoms with van der Waals surface area (Å²) in [5.74, 6) is 1.09. The standard InChI is InChI=1S/C10H12N2/c1-8-6-9-4-3-5-12(2)10(9)11-7-8/h3,5-7H,4H2,1-2H3. The Morgan fingerprint density at radius 1 is 1.50 bits per heavy atom. The smallest absolute Gasteiger partial charge is 0.135 e. The fourth-order valence-corrected chi connectivity index (χ4v) is 1.50. The Kier molecular flexibility index (Phi) is 1.61. The number of hydrogen-bond donors (Lipinski definition) is 0. The summed E-state index contributed by atoms with van der Waals surface area (Å²) in [4.78, 5) is 6.43. The molecule has 0 radical (unpaired) electrons. The minimum atomic E-state index is 1.01. The maximum absolute atomic E-state index is 4.37. The van der Waals surface area contributed by atoms with Crippen LogP contribution in [0.2, 0.25) is 0 Å². The molecule has 0 saturated carbocycles. The summed E-state index contributed by atoms with van der Waals surface area (Å²) in [6, 6.07) is 2.20. The van der Waals surface area contributed by atoms with Crippen LogP contribution in [0.25, 0.3) is 0 Å². The summed E-state index contributed by atoms with van der Waals surface area (Å²) < 4.78 is 0. The van der Waals surface area contributed by atoms with Crippen LogP contribution in [0.15, 0.2) is 24.5 Å². The van der Waals surface area contributed by atoms with E-state index in [9.17, 15) is 0 Å². The Balaban J connectivity index is 2.51. The minimum Gasteiger partial charge on any atom is -0.336 e. The minimum absolute atomic E-state index is 1.01. The topological polar surface area (TPSA) is 16.1 Å². The van der Waals surface area contributed by atoms with Gasteiger partial charge in [0.1, 0.15) is 5.82 Å². The number of aryl methyl sites for hydroxylation is 1. The first kappa shape index (κ1) is 7.35. The first-order chi connectivity index (χ1) is 5.77. The van der Waals surface area contributed by atoms with Crippen LogP contribution in [0.1, 0.15) is 11.1 Å². The maximum Gasteiger partial charge on any atom is 0.135 e. The summed E-state index contributed by atoms with van der Waals surface area (Å²) >= 11 is 0. The van der Waals surface area contributed by atoms with Crippen molar-refractivity contribution >= 4 is 5.82 Å². The van der Waals surface area contributed by atoms with Gasteiger partial charge in [-0.05, 0) is 24.5 Å². The maximum atomic E-state index is 4.37. The van der Waals surface area contributed by atoms with E-state index >= 15 is 0 Å². The summed E-state index contributed by atoms with van der Waals surface area (Å²) in [7, 11) is 2.02. The number of pyridine rings is 1. The lowest BCUT2D eigenvalue weighted by Crippen LogP contribution is -2.15. The molecule has 62 valence electrons. The van der Waals surface area contributed by atoms with Crippen LogP contribution in [0.3, 0.4) is 0 Å². The third kappa shape index (κ3) is 1.09. The molecule has 1 aromatic heterocycles. The van der Waals surface area contributed by atoms with Gasteiger partial charge in [0, 0.05) is 19.4 Å². The van der Waals surface area contributed by atoms with E-state index in [4.69, 9.17) is 0 Å². The Bertz CT molecular complexity index is 329. The number of allylic oxidation sites excluding steroid dienone is 1. The number of rotatable bonds is 0. The van der Waals surface area contributed by atoms with Crippen molar-refractivity contribution < 1.29 is 0 Å². The summed E-state index contributed by atoms with van der Waals surface area (Å²) in [6.45, 7) is 2.08. The van der Waals surface area contributed by atoms with Crippen molar-refractivity contribution in [2.45, 2.75) is 13.3 Å². The lowest BCUT2D eigenvalue weighted by atomic mass is 10.1. The quantitative estimate of drug-likeness (QED) is 0.576. The van der Waals surface area contributed by atoms with Gasteiger partial charge in [-0.1, -0.05) is 12.1 Å². The fourth-order valence-electron chi connectivity index (χ4n) is 1.50. The number of anilines is 1. The van der Waals surface area contributed by atoms with Crippen molar-refractivity contribution in [2.75, 3.05) is 11.9 Å². The molecule has 0 fully saturated rings. The zero-order valence-electron chi connectivity index (χ0n) is 7.41. The van der Waals surface area contributed by atoms with E-state index in [1.807, 2.05) is 13.2 Å². The van der Waals surface area contributed by atoms with Gasteiger partial charge in [0.15, 0.2) is 0 Å². The van der Waals surface area contributed by atoms with Gasteiger partial charge in [-0.3, -0.25) is 0 Å². The Labute approximate surface area is 72.5 Å². The van der Waals surface area contributed by atoms with Gasteiger partial charge in [-0.15, -0.1) is 0 Å². The monoisotopic (exact) mass is 160 g/mol. The second-order valence-corrected chi connectivity index (χ2v) is 3.20. The van der Waals surface area contributed by atoms with Crippen molar-refractivity contribution in [3.8, 4) is 0 Å². The molecule has 0 aromatic carbocycles. The van der Waals surface area contributed by atoms with Crippen LogP contribution in [-0.4, -0.2) is 12.0 Å². The number of fused-ring (bicyclic) bond motifs is 1. The molecule has 0 saturated heterocycles.